The number of rotatable bonds is 5. The van der Waals surface area contributed by atoms with Crippen LogP contribution in [0, 0.1) is 5.92 Å². The van der Waals surface area contributed by atoms with Gasteiger partial charge in [0.2, 0.25) is 5.91 Å². The zero-order valence-electron chi connectivity index (χ0n) is 9.28. The van der Waals surface area contributed by atoms with Crippen molar-refractivity contribution in [1.29, 1.82) is 0 Å². The van der Waals surface area contributed by atoms with Crippen LogP contribution >= 0.6 is 12.4 Å². The summed E-state index contributed by atoms with van der Waals surface area (Å²) in [6, 6.07) is -0.565. The van der Waals surface area contributed by atoms with Crippen molar-refractivity contribution >= 4 is 24.3 Å². The first-order valence-electron chi connectivity index (χ1n) is 4.63. The monoisotopic (exact) mass is 238 g/mol. The molecular weight excluding hydrogens is 220 g/mol. The van der Waals surface area contributed by atoms with Crippen molar-refractivity contribution in [3.8, 4) is 0 Å². The lowest BCUT2D eigenvalue weighted by Gasteiger charge is -2.17. The standard InChI is InChI=1S/C9H18N2O3.ClH/c1-4-6(2)8(10)9(13)11-5-7(12)14-3;/h6,8H,4-5,10H2,1-3H3,(H,11,13);1H. The van der Waals surface area contributed by atoms with Gasteiger partial charge in [0.25, 0.3) is 0 Å². The third kappa shape index (κ3) is 6.30. The summed E-state index contributed by atoms with van der Waals surface area (Å²) in [7, 11) is 1.27. The molecule has 3 N–H and O–H groups in total. The van der Waals surface area contributed by atoms with E-state index in [2.05, 4.69) is 10.1 Å². The van der Waals surface area contributed by atoms with E-state index in [9.17, 15) is 9.59 Å². The van der Waals surface area contributed by atoms with Crippen molar-refractivity contribution in [3.05, 3.63) is 0 Å². The number of nitrogens with one attached hydrogen (secondary N) is 1. The van der Waals surface area contributed by atoms with Gasteiger partial charge in [-0.05, 0) is 5.92 Å². The maximum absolute atomic E-state index is 11.3. The summed E-state index contributed by atoms with van der Waals surface area (Å²) in [5.74, 6) is -0.688. The highest BCUT2D eigenvalue weighted by atomic mass is 35.5. The highest BCUT2D eigenvalue weighted by molar-refractivity contribution is 5.85. The Balaban J connectivity index is 0. The van der Waals surface area contributed by atoms with Gasteiger partial charge in [0.1, 0.15) is 6.54 Å². The second-order valence-corrected chi connectivity index (χ2v) is 3.21. The highest BCUT2D eigenvalue weighted by Crippen LogP contribution is 2.04. The van der Waals surface area contributed by atoms with Gasteiger partial charge in [-0.3, -0.25) is 9.59 Å². The van der Waals surface area contributed by atoms with Gasteiger partial charge in [0.05, 0.1) is 13.2 Å². The molecule has 0 aromatic heterocycles. The van der Waals surface area contributed by atoms with Crippen molar-refractivity contribution in [2.75, 3.05) is 13.7 Å². The third-order valence-corrected chi connectivity index (χ3v) is 2.19. The van der Waals surface area contributed by atoms with Crippen LogP contribution < -0.4 is 11.1 Å². The van der Waals surface area contributed by atoms with Crippen LogP contribution in [0.5, 0.6) is 0 Å². The number of hydrogen-bond donors (Lipinski definition) is 2. The lowest BCUT2D eigenvalue weighted by molar-refractivity contribution is -0.141. The number of esters is 1. The lowest BCUT2D eigenvalue weighted by atomic mass is 9.99. The predicted molar refractivity (Wildman–Crippen MR) is 59.7 cm³/mol. The lowest BCUT2D eigenvalue weighted by Crippen LogP contribution is -2.46. The second-order valence-electron chi connectivity index (χ2n) is 3.21. The summed E-state index contributed by atoms with van der Waals surface area (Å²) in [5.41, 5.74) is 5.63. The fraction of sp³-hybridized carbons (Fsp3) is 0.778. The van der Waals surface area contributed by atoms with Crippen molar-refractivity contribution in [2.45, 2.75) is 26.3 Å². The van der Waals surface area contributed by atoms with Crippen LogP contribution in [-0.2, 0) is 14.3 Å². The number of carbonyl (C=O) groups is 2. The Morgan fingerprint density at radius 2 is 2.00 bits per heavy atom. The van der Waals surface area contributed by atoms with Crippen molar-refractivity contribution < 1.29 is 14.3 Å². The minimum Gasteiger partial charge on any atom is -0.468 e. The molecule has 6 heteroatoms. The number of carbonyl (C=O) groups excluding carboxylic acids is 2. The Bertz CT molecular complexity index is 212. The molecule has 0 fully saturated rings. The summed E-state index contributed by atoms with van der Waals surface area (Å²) in [6.07, 6.45) is 0.826. The fourth-order valence-electron chi connectivity index (χ4n) is 0.862. The van der Waals surface area contributed by atoms with Crippen LogP contribution in [0.15, 0.2) is 0 Å². The van der Waals surface area contributed by atoms with Crippen molar-refractivity contribution in [3.63, 3.8) is 0 Å². The van der Waals surface area contributed by atoms with E-state index in [-0.39, 0.29) is 30.8 Å². The molecule has 0 spiro atoms. The molecule has 0 aliphatic rings. The minimum absolute atomic E-state index is 0. The molecule has 0 aliphatic carbocycles. The van der Waals surface area contributed by atoms with Gasteiger partial charge in [-0.1, -0.05) is 20.3 Å². The van der Waals surface area contributed by atoms with E-state index < -0.39 is 12.0 Å². The van der Waals surface area contributed by atoms with E-state index in [4.69, 9.17) is 5.73 Å². The van der Waals surface area contributed by atoms with Crippen molar-refractivity contribution in [1.82, 2.24) is 5.32 Å². The van der Waals surface area contributed by atoms with Gasteiger partial charge < -0.3 is 15.8 Å². The van der Waals surface area contributed by atoms with Crippen LogP contribution in [-0.4, -0.2) is 31.6 Å². The Kier molecular flexibility index (Phi) is 9.41. The van der Waals surface area contributed by atoms with E-state index in [0.29, 0.717) is 0 Å². The smallest absolute Gasteiger partial charge is 0.325 e. The zero-order valence-corrected chi connectivity index (χ0v) is 10.1. The zero-order chi connectivity index (χ0) is 11.1. The molecule has 0 aromatic rings. The van der Waals surface area contributed by atoms with Crippen LogP contribution in [0.1, 0.15) is 20.3 Å². The number of hydrogen-bond acceptors (Lipinski definition) is 4. The summed E-state index contributed by atoms with van der Waals surface area (Å²) in [5, 5.41) is 2.41. The quantitative estimate of drug-likeness (QED) is 0.665. The largest absolute Gasteiger partial charge is 0.468 e. The maximum Gasteiger partial charge on any atom is 0.325 e. The molecule has 15 heavy (non-hydrogen) atoms. The molecule has 0 heterocycles. The van der Waals surface area contributed by atoms with E-state index >= 15 is 0 Å². The summed E-state index contributed by atoms with van der Waals surface area (Å²) < 4.78 is 4.37. The van der Waals surface area contributed by atoms with Crippen LogP contribution in [0.25, 0.3) is 0 Å². The Morgan fingerprint density at radius 3 is 2.40 bits per heavy atom. The molecule has 0 rings (SSSR count). The molecule has 2 unspecified atom stereocenters. The van der Waals surface area contributed by atoms with E-state index in [1.807, 2.05) is 13.8 Å². The minimum atomic E-state index is -0.565. The van der Waals surface area contributed by atoms with Crippen molar-refractivity contribution in [2.24, 2.45) is 11.7 Å². The van der Waals surface area contributed by atoms with Crippen LogP contribution in [0.4, 0.5) is 0 Å². The highest BCUT2D eigenvalue weighted by Gasteiger charge is 2.19. The van der Waals surface area contributed by atoms with E-state index in [1.54, 1.807) is 0 Å². The molecule has 0 bridgehead atoms. The first-order chi connectivity index (χ1) is 6.52. The first kappa shape index (κ1) is 16.6. The molecule has 1 amide bonds. The number of nitrogens with two attached hydrogens (primary N) is 1. The van der Waals surface area contributed by atoms with Gasteiger partial charge in [-0.2, -0.15) is 0 Å². The van der Waals surface area contributed by atoms with Crippen LogP contribution in [0.2, 0.25) is 0 Å². The molecule has 0 aromatic carbocycles. The number of ether oxygens (including phenoxy) is 1. The van der Waals surface area contributed by atoms with E-state index in [0.717, 1.165) is 6.42 Å². The van der Waals surface area contributed by atoms with Gasteiger partial charge >= 0.3 is 5.97 Å². The topological polar surface area (TPSA) is 81.4 Å². The van der Waals surface area contributed by atoms with Gasteiger partial charge in [-0.25, -0.2) is 0 Å². The average Bonchev–Trinajstić information content (AvgIpc) is 2.22. The number of halogens is 1. The molecule has 5 nitrogen and oxygen atoms in total. The van der Waals surface area contributed by atoms with Crippen LogP contribution in [0.3, 0.4) is 0 Å². The normalized spacial score (nSPS) is 13.3. The second kappa shape index (κ2) is 8.49. The predicted octanol–water partition coefficient (Wildman–Crippen LogP) is 0.0708. The van der Waals surface area contributed by atoms with E-state index in [1.165, 1.54) is 7.11 Å². The maximum atomic E-state index is 11.3. The third-order valence-electron chi connectivity index (χ3n) is 2.19. The molecule has 2 atom stereocenters. The number of methoxy groups -OCH3 is 1. The summed E-state index contributed by atoms with van der Waals surface area (Å²) >= 11 is 0. The summed E-state index contributed by atoms with van der Waals surface area (Å²) in [6.45, 7) is 3.72. The molecule has 90 valence electrons. The molecule has 0 saturated heterocycles. The average molecular weight is 239 g/mol. The fourth-order valence-corrected chi connectivity index (χ4v) is 0.862. The number of amides is 1. The van der Waals surface area contributed by atoms with Gasteiger partial charge in [0, 0.05) is 0 Å². The molecular formula is C9H19ClN2O3. The first-order valence-corrected chi connectivity index (χ1v) is 4.63. The SMILES string of the molecule is CCC(C)C(N)C(=O)NCC(=O)OC.Cl. The molecule has 0 aliphatic heterocycles. The summed E-state index contributed by atoms with van der Waals surface area (Å²) in [4.78, 5) is 22.0. The molecule has 0 saturated carbocycles. The molecule has 0 radical (unpaired) electrons. The Morgan fingerprint density at radius 1 is 1.47 bits per heavy atom. The van der Waals surface area contributed by atoms with Gasteiger partial charge in [-0.15, -0.1) is 12.4 Å². The Hall–Kier alpha value is -0.810. The Labute approximate surface area is 96.1 Å². The van der Waals surface area contributed by atoms with Gasteiger partial charge in [0.15, 0.2) is 0 Å².